The molecule has 3 aliphatic rings. The average molecular weight is 237 g/mol. The molecular formula is C15H27NO. The van der Waals surface area contributed by atoms with E-state index in [-0.39, 0.29) is 5.41 Å². The van der Waals surface area contributed by atoms with Crippen LogP contribution < -0.4 is 5.73 Å². The van der Waals surface area contributed by atoms with Gasteiger partial charge >= 0.3 is 0 Å². The summed E-state index contributed by atoms with van der Waals surface area (Å²) in [5.74, 6) is 2.33. The van der Waals surface area contributed by atoms with Crippen LogP contribution in [0.5, 0.6) is 0 Å². The number of rotatable bonds is 3. The van der Waals surface area contributed by atoms with E-state index >= 15 is 0 Å². The van der Waals surface area contributed by atoms with Gasteiger partial charge in [0.2, 0.25) is 0 Å². The zero-order valence-corrected chi connectivity index (χ0v) is 11.1. The molecule has 0 aromatic heterocycles. The minimum atomic E-state index is -0.428. The Bertz CT molecular complexity index is 305. The Morgan fingerprint density at radius 1 is 1.24 bits per heavy atom. The van der Waals surface area contributed by atoms with Gasteiger partial charge in [0, 0.05) is 12.0 Å². The molecular weight excluding hydrogens is 210 g/mol. The Kier molecular flexibility index (Phi) is 2.79. The van der Waals surface area contributed by atoms with E-state index in [1.807, 2.05) is 0 Å². The summed E-state index contributed by atoms with van der Waals surface area (Å²) in [7, 11) is 0. The van der Waals surface area contributed by atoms with Gasteiger partial charge in [-0.1, -0.05) is 19.8 Å². The maximum Gasteiger partial charge on any atom is 0.0721 e. The van der Waals surface area contributed by atoms with Crippen molar-refractivity contribution in [2.75, 3.05) is 6.54 Å². The summed E-state index contributed by atoms with van der Waals surface area (Å²) in [4.78, 5) is 0. The van der Waals surface area contributed by atoms with E-state index < -0.39 is 5.60 Å². The monoisotopic (exact) mass is 237 g/mol. The quantitative estimate of drug-likeness (QED) is 0.793. The molecule has 0 spiro atoms. The molecule has 3 fully saturated rings. The average Bonchev–Trinajstić information content (AvgIpc) is 3.02. The first-order valence-electron chi connectivity index (χ1n) is 7.56. The van der Waals surface area contributed by atoms with Crippen molar-refractivity contribution in [1.82, 2.24) is 0 Å². The molecule has 0 aromatic carbocycles. The van der Waals surface area contributed by atoms with Gasteiger partial charge in [-0.15, -0.1) is 0 Å². The van der Waals surface area contributed by atoms with Crippen molar-refractivity contribution < 1.29 is 5.11 Å². The molecule has 0 saturated heterocycles. The normalized spacial score (nSPS) is 53.5. The second-order valence-corrected chi connectivity index (χ2v) is 6.99. The highest BCUT2D eigenvalue weighted by Gasteiger charge is 2.61. The summed E-state index contributed by atoms with van der Waals surface area (Å²) >= 11 is 0. The van der Waals surface area contributed by atoms with E-state index in [1.165, 1.54) is 38.5 Å². The summed E-state index contributed by atoms with van der Waals surface area (Å²) in [5, 5.41) is 11.2. The third kappa shape index (κ3) is 1.53. The first-order chi connectivity index (χ1) is 8.13. The summed E-state index contributed by atoms with van der Waals surface area (Å²) in [6.07, 6.45) is 9.72. The first-order valence-corrected chi connectivity index (χ1v) is 7.56. The van der Waals surface area contributed by atoms with E-state index in [4.69, 9.17) is 5.73 Å². The molecule has 0 aliphatic heterocycles. The lowest BCUT2D eigenvalue weighted by Gasteiger charge is -2.48. The SMILES string of the molecule is CCC1CCC(O)(C2(CN)CC3CCC2C3)C1. The summed E-state index contributed by atoms with van der Waals surface area (Å²) in [6, 6.07) is 0. The van der Waals surface area contributed by atoms with Crippen LogP contribution in [0.15, 0.2) is 0 Å². The van der Waals surface area contributed by atoms with E-state index in [2.05, 4.69) is 6.92 Å². The summed E-state index contributed by atoms with van der Waals surface area (Å²) in [6.45, 7) is 2.97. The molecule has 0 amide bonds. The molecule has 2 nitrogen and oxygen atoms in total. The van der Waals surface area contributed by atoms with Crippen LogP contribution in [-0.2, 0) is 0 Å². The van der Waals surface area contributed by atoms with Crippen molar-refractivity contribution in [2.24, 2.45) is 28.9 Å². The predicted molar refractivity (Wildman–Crippen MR) is 69.5 cm³/mol. The van der Waals surface area contributed by atoms with E-state index in [0.717, 1.165) is 30.6 Å². The molecule has 5 unspecified atom stereocenters. The van der Waals surface area contributed by atoms with Crippen LogP contribution in [0, 0.1) is 23.2 Å². The molecule has 98 valence electrons. The van der Waals surface area contributed by atoms with Crippen LogP contribution in [0.1, 0.15) is 58.3 Å². The summed E-state index contributed by atoms with van der Waals surface area (Å²) < 4.78 is 0. The van der Waals surface area contributed by atoms with Gasteiger partial charge in [0.1, 0.15) is 0 Å². The Labute approximate surface area is 105 Å². The number of fused-ring (bicyclic) bond motifs is 2. The molecule has 5 atom stereocenters. The maximum absolute atomic E-state index is 11.2. The van der Waals surface area contributed by atoms with Gasteiger partial charge in [-0.05, 0) is 56.3 Å². The van der Waals surface area contributed by atoms with Crippen molar-refractivity contribution >= 4 is 0 Å². The van der Waals surface area contributed by atoms with Gasteiger partial charge in [-0.2, -0.15) is 0 Å². The minimum Gasteiger partial charge on any atom is -0.389 e. The number of hydrogen-bond acceptors (Lipinski definition) is 2. The van der Waals surface area contributed by atoms with Crippen molar-refractivity contribution in [3.8, 4) is 0 Å². The molecule has 2 bridgehead atoms. The number of nitrogens with two attached hydrogens (primary N) is 1. The third-order valence-electron chi connectivity index (χ3n) is 6.44. The lowest BCUT2D eigenvalue weighted by atomic mass is 9.61. The largest absolute Gasteiger partial charge is 0.389 e. The zero-order chi connectivity index (χ0) is 12.1. The highest BCUT2D eigenvalue weighted by atomic mass is 16.3. The zero-order valence-electron chi connectivity index (χ0n) is 11.1. The molecule has 0 heterocycles. The van der Waals surface area contributed by atoms with Gasteiger partial charge < -0.3 is 10.8 Å². The second kappa shape index (κ2) is 3.96. The van der Waals surface area contributed by atoms with Crippen molar-refractivity contribution in [1.29, 1.82) is 0 Å². The molecule has 3 saturated carbocycles. The second-order valence-electron chi connectivity index (χ2n) is 6.99. The fourth-order valence-electron chi connectivity index (χ4n) is 5.38. The fraction of sp³-hybridized carbons (Fsp3) is 1.00. The van der Waals surface area contributed by atoms with Crippen LogP contribution >= 0.6 is 0 Å². The van der Waals surface area contributed by atoms with Crippen molar-refractivity contribution in [3.05, 3.63) is 0 Å². The first kappa shape index (κ1) is 12.0. The van der Waals surface area contributed by atoms with Gasteiger partial charge in [0.15, 0.2) is 0 Å². The topological polar surface area (TPSA) is 46.2 Å². The van der Waals surface area contributed by atoms with E-state index in [1.54, 1.807) is 0 Å². The van der Waals surface area contributed by atoms with Gasteiger partial charge in [0.25, 0.3) is 0 Å². The smallest absolute Gasteiger partial charge is 0.0721 e. The van der Waals surface area contributed by atoms with E-state index in [0.29, 0.717) is 6.54 Å². The van der Waals surface area contributed by atoms with Crippen molar-refractivity contribution in [2.45, 2.75) is 63.9 Å². The Morgan fingerprint density at radius 2 is 2.06 bits per heavy atom. The Morgan fingerprint density at radius 3 is 2.53 bits per heavy atom. The van der Waals surface area contributed by atoms with Gasteiger partial charge in [0.05, 0.1) is 5.60 Å². The Balaban J connectivity index is 1.86. The van der Waals surface area contributed by atoms with Crippen LogP contribution in [0.25, 0.3) is 0 Å². The van der Waals surface area contributed by atoms with Crippen LogP contribution in [-0.4, -0.2) is 17.3 Å². The van der Waals surface area contributed by atoms with Gasteiger partial charge in [-0.3, -0.25) is 0 Å². The van der Waals surface area contributed by atoms with Crippen LogP contribution in [0.3, 0.4) is 0 Å². The van der Waals surface area contributed by atoms with E-state index in [9.17, 15) is 5.11 Å². The molecule has 0 radical (unpaired) electrons. The lowest BCUT2D eigenvalue weighted by Crippen LogP contribution is -2.54. The lowest BCUT2D eigenvalue weighted by molar-refractivity contribution is -0.107. The molecule has 3 rings (SSSR count). The molecule has 3 N–H and O–H groups in total. The molecule has 0 aromatic rings. The standard InChI is InChI=1S/C15H27NO/c1-2-11-5-6-15(17,9-11)14(10-16)8-12-3-4-13(14)7-12/h11-13,17H,2-10,16H2,1H3. The van der Waals surface area contributed by atoms with Crippen molar-refractivity contribution in [3.63, 3.8) is 0 Å². The maximum atomic E-state index is 11.2. The molecule has 3 aliphatic carbocycles. The van der Waals surface area contributed by atoms with Crippen LogP contribution in [0.2, 0.25) is 0 Å². The highest BCUT2D eigenvalue weighted by molar-refractivity contribution is 5.13. The fourth-order valence-corrected chi connectivity index (χ4v) is 5.38. The minimum absolute atomic E-state index is 0.0832. The Hall–Kier alpha value is -0.0800. The number of aliphatic hydroxyl groups is 1. The van der Waals surface area contributed by atoms with Gasteiger partial charge in [-0.25, -0.2) is 0 Å². The molecule has 17 heavy (non-hydrogen) atoms. The number of hydrogen-bond donors (Lipinski definition) is 2. The highest BCUT2D eigenvalue weighted by Crippen LogP contribution is 2.63. The summed E-state index contributed by atoms with van der Waals surface area (Å²) in [5.41, 5.74) is 5.80. The third-order valence-corrected chi connectivity index (χ3v) is 6.44. The predicted octanol–water partition coefficient (Wildman–Crippen LogP) is 2.69. The molecule has 2 heteroatoms. The van der Waals surface area contributed by atoms with Crippen LogP contribution in [0.4, 0.5) is 0 Å².